The molecule has 14 nitrogen and oxygen atoms in total. The van der Waals surface area contributed by atoms with Crippen molar-refractivity contribution in [1.29, 1.82) is 0 Å². The number of aliphatic hydroxyl groups is 2. The highest BCUT2D eigenvalue weighted by molar-refractivity contribution is 7.52. The summed E-state index contributed by atoms with van der Waals surface area (Å²) in [5.74, 6) is -0.418. The van der Waals surface area contributed by atoms with Gasteiger partial charge in [0.05, 0.1) is 25.1 Å². The SMILES string of the molecule is CCOC(=O)[C@H](C)NP(=O)(OC[C@H]1O[C@@H](c2cnc3c(N)ncnn23)[C@](C)(O)C1O)Oc1ccc(Cl)cc1. The highest BCUT2D eigenvalue weighted by Gasteiger charge is 2.54. The fraction of sp³-hybridized carbons (Fsp3) is 0.455. The minimum Gasteiger partial charge on any atom is -0.465 e. The van der Waals surface area contributed by atoms with Gasteiger partial charge >= 0.3 is 13.7 Å². The van der Waals surface area contributed by atoms with E-state index in [1.54, 1.807) is 6.92 Å². The molecule has 1 aromatic carbocycles. The zero-order valence-corrected chi connectivity index (χ0v) is 22.4. The molecule has 2 unspecified atom stereocenters. The van der Waals surface area contributed by atoms with E-state index in [9.17, 15) is 19.6 Å². The Morgan fingerprint density at radius 1 is 1.37 bits per heavy atom. The predicted octanol–water partition coefficient (Wildman–Crippen LogP) is 1.66. The highest BCUT2D eigenvalue weighted by Crippen LogP contribution is 2.48. The van der Waals surface area contributed by atoms with E-state index in [1.165, 1.54) is 55.2 Å². The van der Waals surface area contributed by atoms with Crippen LogP contribution in [0.2, 0.25) is 5.02 Å². The van der Waals surface area contributed by atoms with Crippen LogP contribution in [0.25, 0.3) is 5.65 Å². The molecule has 3 heterocycles. The lowest BCUT2D eigenvalue weighted by molar-refractivity contribution is -0.144. The summed E-state index contributed by atoms with van der Waals surface area (Å²) in [4.78, 5) is 20.2. The average Bonchev–Trinajstić information content (AvgIpc) is 3.39. The monoisotopic (exact) mass is 570 g/mol. The second-order valence-electron chi connectivity index (χ2n) is 8.73. The van der Waals surface area contributed by atoms with Gasteiger partial charge in [0.2, 0.25) is 0 Å². The van der Waals surface area contributed by atoms with E-state index >= 15 is 0 Å². The Labute approximate surface area is 222 Å². The fourth-order valence-electron chi connectivity index (χ4n) is 3.90. The number of fused-ring (bicyclic) bond motifs is 1. The summed E-state index contributed by atoms with van der Waals surface area (Å²) in [5, 5.41) is 29.1. The fourth-order valence-corrected chi connectivity index (χ4v) is 5.53. The molecule has 5 N–H and O–H groups in total. The van der Waals surface area contributed by atoms with Gasteiger partial charge in [-0.05, 0) is 45.0 Å². The van der Waals surface area contributed by atoms with Crippen LogP contribution in [0.3, 0.4) is 0 Å². The average molecular weight is 571 g/mol. The zero-order chi connectivity index (χ0) is 27.7. The highest BCUT2D eigenvalue weighted by atomic mass is 35.5. The number of carbonyl (C=O) groups excluding carboxylic acids is 1. The van der Waals surface area contributed by atoms with Gasteiger partial charge in [0.1, 0.15) is 42.0 Å². The summed E-state index contributed by atoms with van der Waals surface area (Å²) in [7, 11) is -4.26. The number of imidazole rings is 1. The Bertz CT molecular complexity index is 1340. The van der Waals surface area contributed by atoms with Crippen LogP contribution in [-0.4, -0.2) is 72.8 Å². The summed E-state index contributed by atoms with van der Waals surface area (Å²) in [6.45, 7) is 4.06. The molecule has 0 spiro atoms. The topological polar surface area (TPSA) is 193 Å². The Morgan fingerprint density at radius 2 is 2.08 bits per heavy atom. The van der Waals surface area contributed by atoms with E-state index in [-0.39, 0.29) is 23.8 Å². The first-order valence-electron chi connectivity index (χ1n) is 11.6. The minimum absolute atomic E-state index is 0.117. The quantitative estimate of drug-likeness (QED) is 0.203. The number of nitrogens with zero attached hydrogens (tertiary/aromatic N) is 4. The number of esters is 1. The number of halogens is 1. The van der Waals surface area contributed by atoms with Gasteiger partial charge in [0, 0.05) is 5.02 Å². The smallest absolute Gasteiger partial charge is 0.459 e. The Balaban J connectivity index is 1.55. The second kappa shape index (κ2) is 11.1. The van der Waals surface area contributed by atoms with Crippen molar-refractivity contribution in [3.63, 3.8) is 0 Å². The van der Waals surface area contributed by atoms with Gasteiger partial charge < -0.3 is 29.9 Å². The summed E-state index contributed by atoms with van der Waals surface area (Å²) in [5.41, 5.74) is 4.56. The minimum atomic E-state index is -4.26. The molecule has 0 radical (unpaired) electrons. The van der Waals surface area contributed by atoms with Crippen LogP contribution in [0.15, 0.2) is 36.8 Å². The van der Waals surface area contributed by atoms with Crippen molar-refractivity contribution >= 4 is 36.8 Å². The lowest BCUT2D eigenvalue weighted by atomic mass is 9.91. The third-order valence-electron chi connectivity index (χ3n) is 5.86. The number of aliphatic hydroxyl groups excluding tert-OH is 1. The molecule has 0 bridgehead atoms. The first-order chi connectivity index (χ1) is 17.9. The molecule has 1 aliphatic heterocycles. The molecule has 38 heavy (non-hydrogen) atoms. The number of nitrogens with two attached hydrogens (primary N) is 1. The normalized spacial score (nSPS) is 25.7. The van der Waals surface area contributed by atoms with Gasteiger partial charge in [-0.25, -0.2) is 19.0 Å². The van der Waals surface area contributed by atoms with Crippen LogP contribution in [0.5, 0.6) is 5.75 Å². The Hall–Kier alpha value is -2.84. The van der Waals surface area contributed by atoms with Crippen LogP contribution in [0.1, 0.15) is 32.6 Å². The van der Waals surface area contributed by atoms with Gasteiger partial charge in [-0.3, -0.25) is 9.32 Å². The Morgan fingerprint density at radius 3 is 2.76 bits per heavy atom. The third-order valence-corrected chi connectivity index (χ3v) is 7.75. The number of hydrogen-bond acceptors (Lipinski definition) is 12. The molecular weight excluding hydrogens is 543 g/mol. The molecule has 0 aliphatic carbocycles. The zero-order valence-electron chi connectivity index (χ0n) is 20.7. The number of benzene rings is 1. The lowest BCUT2D eigenvalue weighted by Gasteiger charge is -2.26. The molecule has 4 rings (SSSR count). The van der Waals surface area contributed by atoms with Crippen LogP contribution < -0.4 is 15.3 Å². The molecule has 6 atom stereocenters. The summed E-state index contributed by atoms with van der Waals surface area (Å²) in [6, 6.07) is 4.91. The van der Waals surface area contributed by atoms with E-state index in [2.05, 4.69) is 20.2 Å². The number of nitrogens with one attached hydrogen (secondary N) is 1. The molecule has 0 amide bonds. The number of rotatable bonds is 10. The molecular formula is C22H28ClN6O8P. The number of aromatic nitrogens is 4. The van der Waals surface area contributed by atoms with Crippen molar-refractivity contribution in [2.75, 3.05) is 18.9 Å². The molecule has 0 saturated carbocycles. The number of nitrogen functional groups attached to an aromatic ring is 1. The third kappa shape index (κ3) is 5.76. The molecule has 206 valence electrons. The lowest BCUT2D eigenvalue weighted by Crippen LogP contribution is -2.43. The standard InChI is InChI=1S/C22H28ClN6O8P/c1-4-34-21(31)12(2)28-38(33,37-14-7-5-13(23)6-8-14)35-10-16-17(30)22(3,32)18(36-16)15-9-25-20-19(24)26-11-27-29(15)20/h5-9,11-12,16-18,30,32H,4,10H2,1-3H3,(H,28,33)(H2,24,26,27)/t12-,16+,17?,18-,22+,38?/m0/s1. The largest absolute Gasteiger partial charge is 0.465 e. The van der Waals surface area contributed by atoms with Crippen molar-refractivity contribution in [2.45, 2.75) is 50.7 Å². The molecule has 1 aliphatic rings. The maximum atomic E-state index is 13.7. The molecule has 1 saturated heterocycles. The van der Waals surface area contributed by atoms with Crippen molar-refractivity contribution in [1.82, 2.24) is 24.7 Å². The van der Waals surface area contributed by atoms with Crippen molar-refractivity contribution in [3.8, 4) is 5.75 Å². The van der Waals surface area contributed by atoms with Gasteiger partial charge in [-0.15, -0.1) is 0 Å². The molecule has 3 aromatic rings. The van der Waals surface area contributed by atoms with Crippen molar-refractivity contribution in [2.24, 2.45) is 0 Å². The van der Waals surface area contributed by atoms with E-state index < -0.39 is 50.3 Å². The maximum absolute atomic E-state index is 13.7. The van der Waals surface area contributed by atoms with Gasteiger partial charge in [-0.1, -0.05) is 11.6 Å². The first kappa shape index (κ1) is 28.2. The summed E-state index contributed by atoms with van der Waals surface area (Å²) >= 11 is 5.91. The number of anilines is 1. The summed E-state index contributed by atoms with van der Waals surface area (Å²) < 4.78 is 37.1. The second-order valence-corrected chi connectivity index (χ2v) is 10.9. The molecule has 16 heteroatoms. The number of hydrogen-bond donors (Lipinski definition) is 4. The number of carbonyl (C=O) groups is 1. The van der Waals surface area contributed by atoms with Crippen molar-refractivity contribution in [3.05, 3.63) is 47.5 Å². The van der Waals surface area contributed by atoms with E-state index in [0.29, 0.717) is 10.7 Å². The van der Waals surface area contributed by atoms with Gasteiger partial charge in [0.15, 0.2) is 11.5 Å². The van der Waals surface area contributed by atoms with E-state index in [0.717, 1.165) is 0 Å². The van der Waals surface area contributed by atoms with Gasteiger partial charge in [0.25, 0.3) is 0 Å². The first-order valence-corrected chi connectivity index (χ1v) is 13.5. The van der Waals surface area contributed by atoms with Gasteiger partial charge in [-0.2, -0.15) is 10.2 Å². The molecule has 1 fully saturated rings. The van der Waals surface area contributed by atoms with Crippen molar-refractivity contribution < 1.29 is 38.1 Å². The van der Waals surface area contributed by atoms with E-state index in [4.69, 9.17) is 35.9 Å². The number of ether oxygens (including phenoxy) is 2. The van der Waals surface area contributed by atoms with Crippen LogP contribution >= 0.6 is 19.3 Å². The predicted molar refractivity (Wildman–Crippen MR) is 134 cm³/mol. The summed E-state index contributed by atoms with van der Waals surface area (Å²) in [6.07, 6.45) is -1.15. The Kier molecular flexibility index (Phi) is 8.23. The van der Waals surface area contributed by atoms with Crippen LogP contribution in [0.4, 0.5) is 5.82 Å². The van der Waals surface area contributed by atoms with E-state index in [1.807, 2.05) is 0 Å². The molecule has 2 aromatic heterocycles. The van der Waals surface area contributed by atoms with Crippen LogP contribution in [-0.2, 0) is 23.4 Å². The maximum Gasteiger partial charge on any atom is 0.459 e. The van der Waals surface area contributed by atoms with Crippen LogP contribution in [0, 0.1) is 0 Å².